The highest BCUT2D eigenvalue weighted by Gasteiger charge is 2.21. The Morgan fingerprint density at radius 1 is 1.26 bits per heavy atom. The van der Waals surface area contributed by atoms with Crippen molar-refractivity contribution in [2.45, 2.75) is 6.92 Å². The van der Waals surface area contributed by atoms with Gasteiger partial charge in [-0.15, -0.1) is 11.3 Å². The van der Waals surface area contributed by atoms with Crippen molar-refractivity contribution in [3.8, 4) is 10.6 Å². The van der Waals surface area contributed by atoms with E-state index >= 15 is 0 Å². The molecule has 0 aliphatic rings. The minimum absolute atomic E-state index is 0.168. The second kappa shape index (κ2) is 5.52. The maximum absolute atomic E-state index is 11.4. The average Bonchev–Trinajstić information content (AvgIpc) is 2.78. The predicted octanol–water partition coefficient (Wildman–Crippen LogP) is 4.24. The highest BCUT2D eigenvalue weighted by Crippen LogP contribution is 2.33. The first-order valence-corrected chi connectivity index (χ1v) is 7.51. The first kappa shape index (κ1) is 14.4. The Morgan fingerprint density at radius 2 is 1.95 bits per heavy atom. The van der Waals surface area contributed by atoms with E-state index in [0.29, 0.717) is 5.01 Å². The SMILES string of the molecule is CC(=O)c1sc(-c2ccc(Br)c(Br)c2)nc1C(=O)O. The van der Waals surface area contributed by atoms with Crippen LogP contribution in [0.2, 0.25) is 0 Å². The molecule has 0 aliphatic heterocycles. The van der Waals surface area contributed by atoms with Crippen LogP contribution in [0.3, 0.4) is 0 Å². The first-order valence-electron chi connectivity index (χ1n) is 5.10. The molecule has 1 heterocycles. The Labute approximate surface area is 129 Å². The minimum Gasteiger partial charge on any atom is -0.476 e. The predicted molar refractivity (Wildman–Crippen MR) is 79.9 cm³/mol. The quantitative estimate of drug-likeness (QED) is 0.777. The van der Waals surface area contributed by atoms with Crippen LogP contribution in [0.25, 0.3) is 10.6 Å². The fourth-order valence-electron chi connectivity index (χ4n) is 1.46. The molecule has 7 heteroatoms. The van der Waals surface area contributed by atoms with Gasteiger partial charge in [-0.05, 0) is 44.0 Å². The summed E-state index contributed by atoms with van der Waals surface area (Å²) >= 11 is 7.82. The van der Waals surface area contributed by atoms with Crippen molar-refractivity contribution >= 4 is 54.9 Å². The van der Waals surface area contributed by atoms with E-state index < -0.39 is 5.97 Å². The molecule has 0 unspecified atom stereocenters. The molecule has 1 aromatic carbocycles. The number of nitrogens with zero attached hydrogens (tertiary/aromatic N) is 1. The molecule has 98 valence electrons. The van der Waals surface area contributed by atoms with Gasteiger partial charge in [0.25, 0.3) is 0 Å². The Morgan fingerprint density at radius 3 is 2.42 bits per heavy atom. The molecule has 0 fully saturated rings. The summed E-state index contributed by atoms with van der Waals surface area (Å²) < 4.78 is 1.72. The van der Waals surface area contributed by atoms with Crippen LogP contribution >= 0.6 is 43.2 Å². The van der Waals surface area contributed by atoms with Crippen molar-refractivity contribution in [3.63, 3.8) is 0 Å². The molecular weight excluding hydrogens is 398 g/mol. The first-order chi connectivity index (χ1) is 8.90. The normalized spacial score (nSPS) is 10.5. The van der Waals surface area contributed by atoms with Crippen LogP contribution in [0.15, 0.2) is 27.1 Å². The lowest BCUT2D eigenvalue weighted by Gasteiger charge is -1.99. The van der Waals surface area contributed by atoms with Crippen molar-refractivity contribution < 1.29 is 14.7 Å². The van der Waals surface area contributed by atoms with E-state index in [1.165, 1.54) is 6.92 Å². The van der Waals surface area contributed by atoms with Crippen molar-refractivity contribution in [1.29, 1.82) is 0 Å². The van der Waals surface area contributed by atoms with E-state index in [2.05, 4.69) is 36.8 Å². The highest BCUT2D eigenvalue weighted by molar-refractivity contribution is 9.13. The number of rotatable bonds is 3. The molecule has 1 aromatic heterocycles. The van der Waals surface area contributed by atoms with E-state index in [0.717, 1.165) is 25.8 Å². The van der Waals surface area contributed by atoms with Gasteiger partial charge < -0.3 is 5.11 Å². The number of ketones is 1. The van der Waals surface area contributed by atoms with Gasteiger partial charge in [0.15, 0.2) is 11.5 Å². The number of thiazole rings is 1. The molecule has 0 spiro atoms. The molecule has 19 heavy (non-hydrogen) atoms. The third-order valence-corrected chi connectivity index (χ3v) is 5.40. The largest absolute Gasteiger partial charge is 0.476 e. The summed E-state index contributed by atoms with van der Waals surface area (Å²) in [6.45, 7) is 1.33. The molecule has 0 aliphatic carbocycles. The van der Waals surface area contributed by atoms with Gasteiger partial charge in [-0.1, -0.05) is 6.07 Å². The van der Waals surface area contributed by atoms with Crippen LogP contribution < -0.4 is 0 Å². The standard InChI is InChI=1S/C12H7Br2NO3S/c1-5(16)10-9(12(17)18)15-11(19-10)6-2-3-7(13)8(14)4-6/h2-4H,1H3,(H,17,18). The lowest BCUT2D eigenvalue weighted by Crippen LogP contribution is -2.03. The molecule has 0 radical (unpaired) electrons. The molecule has 0 atom stereocenters. The minimum atomic E-state index is -1.19. The van der Waals surface area contributed by atoms with Gasteiger partial charge in [-0.3, -0.25) is 4.79 Å². The van der Waals surface area contributed by atoms with Gasteiger partial charge in [0.1, 0.15) is 9.88 Å². The number of hydrogen-bond acceptors (Lipinski definition) is 4. The maximum Gasteiger partial charge on any atom is 0.356 e. The van der Waals surface area contributed by atoms with Crippen molar-refractivity contribution in [3.05, 3.63) is 37.7 Å². The van der Waals surface area contributed by atoms with Gasteiger partial charge in [0.2, 0.25) is 0 Å². The monoisotopic (exact) mass is 403 g/mol. The molecular formula is C12H7Br2NO3S. The number of benzene rings is 1. The number of Topliss-reactive ketones (excluding diaryl/α,β-unsaturated/α-hetero) is 1. The second-order valence-electron chi connectivity index (χ2n) is 3.69. The van der Waals surface area contributed by atoms with Gasteiger partial charge in [0.05, 0.1) is 0 Å². The number of carboxylic acids is 1. The molecule has 0 bridgehead atoms. The molecule has 0 saturated carbocycles. The average molecular weight is 405 g/mol. The third kappa shape index (κ3) is 2.93. The molecule has 2 aromatic rings. The highest BCUT2D eigenvalue weighted by atomic mass is 79.9. The van der Waals surface area contributed by atoms with E-state index in [1.807, 2.05) is 18.2 Å². The van der Waals surface area contributed by atoms with Crippen LogP contribution in [-0.4, -0.2) is 21.8 Å². The lowest BCUT2D eigenvalue weighted by atomic mass is 10.2. The van der Waals surface area contributed by atoms with E-state index in [9.17, 15) is 9.59 Å². The number of aromatic carboxylic acids is 1. The van der Waals surface area contributed by atoms with E-state index in [1.54, 1.807) is 0 Å². The van der Waals surface area contributed by atoms with Crippen LogP contribution in [0.4, 0.5) is 0 Å². The molecule has 0 saturated heterocycles. The van der Waals surface area contributed by atoms with Gasteiger partial charge in [0, 0.05) is 21.4 Å². The molecule has 1 N–H and O–H groups in total. The van der Waals surface area contributed by atoms with Gasteiger partial charge >= 0.3 is 5.97 Å². The summed E-state index contributed by atoms with van der Waals surface area (Å²) in [6, 6.07) is 5.45. The zero-order valence-electron chi connectivity index (χ0n) is 9.61. The summed E-state index contributed by atoms with van der Waals surface area (Å²) in [4.78, 5) is 26.7. The van der Waals surface area contributed by atoms with Crippen molar-refractivity contribution in [2.24, 2.45) is 0 Å². The number of carbonyl (C=O) groups excluding carboxylic acids is 1. The number of carbonyl (C=O) groups is 2. The summed E-state index contributed by atoms with van der Waals surface area (Å²) in [5, 5.41) is 9.56. The number of aromatic nitrogens is 1. The number of halogens is 2. The second-order valence-corrected chi connectivity index (χ2v) is 6.39. The maximum atomic E-state index is 11.4. The Bertz CT molecular complexity index is 650. The molecule has 0 amide bonds. The summed E-state index contributed by atoms with van der Waals surface area (Å²) in [6.07, 6.45) is 0. The lowest BCUT2D eigenvalue weighted by molar-refractivity contribution is 0.0687. The Balaban J connectivity index is 2.57. The van der Waals surface area contributed by atoms with Gasteiger partial charge in [-0.2, -0.15) is 0 Å². The smallest absolute Gasteiger partial charge is 0.356 e. The van der Waals surface area contributed by atoms with Crippen LogP contribution in [-0.2, 0) is 0 Å². The van der Waals surface area contributed by atoms with E-state index in [-0.39, 0.29) is 16.4 Å². The molecule has 4 nitrogen and oxygen atoms in total. The fourth-order valence-corrected chi connectivity index (χ4v) is 3.03. The van der Waals surface area contributed by atoms with Crippen molar-refractivity contribution in [2.75, 3.05) is 0 Å². The fraction of sp³-hybridized carbons (Fsp3) is 0.0833. The Hall–Kier alpha value is -1.05. The zero-order chi connectivity index (χ0) is 14.2. The summed E-state index contributed by atoms with van der Waals surface area (Å²) in [5.74, 6) is -1.48. The van der Waals surface area contributed by atoms with Crippen LogP contribution in [0.5, 0.6) is 0 Å². The summed E-state index contributed by atoms with van der Waals surface area (Å²) in [7, 11) is 0. The van der Waals surface area contributed by atoms with E-state index in [4.69, 9.17) is 5.11 Å². The third-order valence-electron chi connectivity index (χ3n) is 2.32. The topological polar surface area (TPSA) is 67.3 Å². The van der Waals surface area contributed by atoms with Crippen molar-refractivity contribution in [1.82, 2.24) is 4.98 Å². The molecule has 2 rings (SSSR count). The Kier molecular flexibility index (Phi) is 4.17. The number of hydrogen-bond donors (Lipinski definition) is 1. The van der Waals surface area contributed by atoms with Gasteiger partial charge in [-0.25, -0.2) is 9.78 Å². The number of carboxylic acid groups (broad SMARTS) is 1. The van der Waals surface area contributed by atoms with Crippen LogP contribution in [0.1, 0.15) is 27.1 Å². The summed E-state index contributed by atoms with van der Waals surface area (Å²) in [5.41, 5.74) is 0.571. The van der Waals surface area contributed by atoms with Crippen LogP contribution in [0, 0.1) is 0 Å². The zero-order valence-corrected chi connectivity index (χ0v) is 13.6.